The van der Waals surface area contributed by atoms with Crippen LogP contribution in [0, 0.1) is 11.8 Å². The van der Waals surface area contributed by atoms with Crippen molar-refractivity contribution < 1.29 is 9.59 Å². The molecule has 0 heterocycles. The van der Waals surface area contributed by atoms with Gasteiger partial charge in [0.1, 0.15) is 0 Å². The summed E-state index contributed by atoms with van der Waals surface area (Å²) in [7, 11) is 0. The van der Waals surface area contributed by atoms with Crippen LogP contribution < -0.4 is 17.2 Å². The smallest absolute Gasteiger partial charge is 0.244 e. The Labute approximate surface area is 216 Å². The fourth-order valence-corrected chi connectivity index (χ4v) is 4.57. The lowest BCUT2D eigenvalue weighted by atomic mass is 9.83. The van der Waals surface area contributed by atoms with Gasteiger partial charge >= 0.3 is 0 Å². The average molecular weight is 502 g/mol. The highest BCUT2D eigenvalue weighted by Gasteiger charge is 2.24. The number of nitrogens with two attached hydrogens (primary N) is 3. The normalized spacial score (nSPS) is 13.5. The van der Waals surface area contributed by atoms with Crippen LogP contribution >= 0.6 is 11.6 Å². The zero-order valence-electron chi connectivity index (χ0n) is 22.8. The van der Waals surface area contributed by atoms with Crippen LogP contribution in [0.25, 0.3) is 0 Å². The molecule has 2 unspecified atom stereocenters. The van der Waals surface area contributed by atoms with Crippen molar-refractivity contribution in [2.45, 2.75) is 130 Å². The van der Waals surface area contributed by atoms with Gasteiger partial charge in [0.05, 0.1) is 0 Å². The van der Waals surface area contributed by atoms with Gasteiger partial charge in [-0.05, 0) is 56.6 Å². The first-order valence-corrected chi connectivity index (χ1v) is 14.4. The van der Waals surface area contributed by atoms with Crippen molar-refractivity contribution in [2.24, 2.45) is 29.0 Å². The molecule has 0 fully saturated rings. The Bertz CT molecular complexity index is 538. The van der Waals surface area contributed by atoms with Crippen molar-refractivity contribution in [2.75, 3.05) is 12.4 Å². The second-order valence-electron chi connectivity index (χ2n) is 9.49. The van der Waals surface area contributed by atoms with Gasteiger partial charge in [-0.1, -0.05) is 91.9 Å². The van der Waals surface area contributed by atoms with E-state index in [9.17, 15) is 9.59 Å². The Morgan fingerprint density at radius 3 is 1.59 bits per heavy atom. The first-order valence-electron chi connectivity index (χ1n) is 13.9. The average Bonchev–Trinajstić information content (AvgIpc) is 2.81. The number of rotatable bonds is 21. The Hall–Kier alpha value is -1.07. The summed E-state index contributed by atoms with van der Waals surface area (Å²) in [6, 6.07) is 0. The van der Waals surface area contributed by atoms with Crippen molar-refractivity contribution >= 4 is 23.4 Å². The minimum absolute atomic E-state index is 0.0107. The molecular weight excluding hydrogens is 446 g/mol. The van der Waals surface area contributed by atoms with Crippen LogP contribution in [-0.4, -0.2) is 24.2 Å². The number of amides is 2. The van der Waals surface area contributed by atoms with Crippen LogP contribution in [0.2, 0.25) is 0 Å². The molecule has 0 bridgehead atoms. The number of halogens is 1. The van der Waals surface area contributed by atoms with Gasteiger partial charge in [0.15, 0.2) is 0 Å². The molecule has 202 valence electrons. The van der Waals surface area contributed by atoms with Gasteiger partial charge in [0, 0.05) is 17.4 Å². The van der Waals surface area contributed by atoms with Crippen LogP contribution in [0.1, 0.15) is 130 Å². The number of allylic oxidation sites excluding steroid dienone is 1. The molecule has 6 N–H and O–H groups in total. The lowest BCUT2D eigenvalue weighted by Crippen LogP contribution is -2.34. The van der Waals surface area contributed by atoms with Crippen molar-refractivity contribution in [3.63, 3.8) is 0 Å². The van der Waals surface area contributed by atoms with Gasteiger partial charge in [0.2, 0.25) is 11.8 Å². The molecule has 2 amide bonds. The summed E-state index contributed by atoms with van der Waals surface area (Å²) in [4.78, 5) is 22.9. The number of carbonyl (C=O) groups excluding carboxylic acids is 2. The van der Waals surface area contributed by atoms with Crippen molar-refractivity contribution in [1.29, 1.82) is 0 Å². The molecule has 0 spiro atoms. The maximum absolute atomic E-state index is 11.5. The van der Waals surface area contributed by atoms with Crippen LogP contribution in [0.3, 0.4) is 0 Å². The summed E-state index contributed by atoms with van der Waals surface area (Å²) in [6.45, 7) is 9.26. The van der Waals surface area contributed by atoms with E-state index < -0.39 is 0 Å². The minimum Gasteiger partial charge on any atom is -0.369 e. The van der Waals surface area contributed by atoms with E-state index in [-0.39, 0.29) is 23.7 Å². The molecule has 0 rings (SSSR count). The predicted molar refractivity (Wildman–Crippen MR) is 149 cm³/mol. The van der Waals surface area contributed by atoms with Gasteiger partial charge in [-0.15, -0.1) is 11.6 Å². The molecule has 0 saturated carbocycles. The number of unbranched alkanes of at least 4 members (excludes halogenated alkanes) is 8. The summed E-state index contributed by atoms with van der Waals surface area (Å²) in [5, 5.41) is 0. The van der Waals surface area contributed by atoms with E-state index in [1.165, 1.54) is 38.5 Å². The third-order valence-corrected chi connectivity index (χ3v) is 6.85. The van der Waals surface area contributed by atoms with E-state index in [1.54, 1.807) is 0 Å². The van der Waals surface area contributed by atoms with Crippen LogP contribution in [-0.2, 0) is 9.59 Å². The number of hydrogen-bond donors (Lipinski definition) is 3. The second kappa shape index (κ2) is 25.0. The quantitative estimate of drug-likeness (QED) is 0.0893. The van der Waals surface area contributed by atoms with E-state index in [0.29, 0.717) is 12.4 Å². The van der Waals surface area contributed by atoms with Gasteiger partial charge in [-0.2, -0.15) is 0 Å². The maximum Gasteiger partial charge on any atom is 0.244 e. The molecule has 0 saturated heterocycles. The number of primary amides is 2. The fraction of sp³-hybridized carbons (Fsp3) is 0.857. The molecule has 5 nitrogen and oxygen atoms in total. The fourth-order valence-electron chi connectivity index (χ4n) is 4.28. The summed E-state index contributed by atoms with van der Waals surface area (Å²) < 4.78 is 0. The van der Waals surface area contributed by atoms with Crippen LogP contribution in [0.5, 0.6) is 0 Å². The highest BCUT2D eigenvalue weighted by molar-refractivity contribution is 6.20. The molecule has 0 aromatic rings. The largest absolute Gasteiger partial charge is 0.369 e. The van der Waals surface area contributed by atoms with E-state index >= 15 is 0 Å². The van der Waals surface area contributed by atoms with E-state index in [1.807, 2.05) is 0 Å². The van der Waals surface area contributed by atoms with Gasteiger partial charge < -0.3 is 17.2 Å². The molecule has 6 heteroatoms. The number of carbonyl (C=O) groups is 2. The first kappa shape index (κ1) is 35.1. The summed E-state index contributed by atoms with van der Waals surface area (Å²) in [5.74, 6) is 0.273. The standard InChI is InChI=1S/C14H26ClNO.C14H30N2O/c2*1-3-5-7-9-12(11-15)13(14(16)17)10-8-6-4-2/h3-11H2,1-2H3,(H2,16,17);12-13H,3-11,15H2,1-2H3,(H2,16,17)/b13-12+;. The third-order valence-electron chi connectivity index (χ3n) is 6.53. The zero-order valence-corrected chi connectivity index (χ0v) is 23.6. The highest BCUT2D eigenvalue weighted by atomic mass is 35.5. The van der Waals surface area contributed by atoms with Crippen molar-refractivity contribution in [1.82, 2.24) is 0 Å². The van der Waals surface area contributed by atoms with Gasteiger partial charge in [0.25, 0.3) is 0 Å². The van der Waals surface area contributed by atoms with Gasteiger partial charge in [-0.3, -0.25) is 9.59 Å². The predicted octanol–water partition coefficient (Wildman–Crippen LogP) is 6.99. The number of hydrogen-bond acceptors (Lipinski definition) is 3. The van der Waals surface area contributed by atoms with E-state index in [0.717, 1.165) is 75.4 Å². The molecule has 34 heavy (non-hydrogen) atoms. The molecule has 0 aromatic heterocycles. The highest BCUT2D eigenvalue weighted by Crippen LogP contribution is 2.24. The zero-order chi connectivity index (χ0) is 26.2. The minimum atomic E-state index is -0.284. The topological polar surface area (TPSA) is 112 Å². The molecule has 0 aliphatic heterocycles. The summed E-state index contributed by atoms with van der Waals surface area (Å²) in [5.41, 5.74) is 18.6. The molecular formula is C28H56ClN3O2. The molecule has 0 aliphatic rings. The van der Waals surface area contributed by atoms with Crippen molar-refractivity contribution in [3.05, 3.63) is 11.1 Å². The Morgan fingerprint density at radius 2 is 1.18 bits per heavy atom. The molecule has 0 radical (unpaired) electrons. The Morgan fingerprint density at radius 1 is 0.706 bits per heavy atom. The molecule has 0 aromatic carbocycles. The Kier molecular flexibility index (Phi) is 25.8. The summed E-state index contributed by atoms with van der Waals surface area (Å²) >= 11 is 5.93. The monoisotopic (exact) mass is 501 g/mol. The second-order valence-corrected chi connectivity index (χ2v) is 9.76. The lowest BCUT2D eigenvalue weighted by molar-refractivity contribution is -0.123. The first-order chi connectivity index (χ1) is 16.3. The Balaban J connectivity index is 0. The van der Waals surface area contributed by atoms with Gasteiger partial charge in [-0.25, -0.2) is 0 Å². The number of alkyl halides is 1. The molecule has 2 atom stereocenters. The third kappa shape index (κ3) is 18.3. The van der Waals surface area contributed by atoms with E-state index in [2.05, 4.69) is 27.7 Å². The van der Waals surface area contributed by atoms with Crippen molar-refractivity contribution in [3.8, 4) is 0 Å². The lowest BCUT2D eigenvalue weighted by Gasteiger charge is -2.23. The summed E-state index contributed by atoms with van der Waals surface area (Å²) in [6.07, 6.45) is 17.5. The maximum atomic E-state index is 11.5. The van der Waals surface area contributed by atoms with Crippen LogP contribution in [0.4, 0.5) is 0 Å². The van der Waals surface area contributed by atoms with E-state index in [4.69, 9.17) is 28.8 Å². The van der Waals surface area contributed by atoms with Crippen LogP contribution in [0.15, 0.2) is 11.1 Å². The SMILES string of the molecule is CCCCC/C(CCl)=C(/CCCCC)C(N)=O.CCCCCC(CN)C(CCCCC)C(N)=O. The molecule has 0 aliphatic carbocycles.